The fourth-order valence-electron chi connectivity index (χ4n) is 3.70. The average Bonchev–Trinajstić information content (AvgIpc) is 3.26. The summed E-state index contributed by atoms with van der Waals surface area (Å²) in [6.07, 6.45) is 0.523. The van der Waals surface area contributed by atoms with Crippen molar-refractivity contribution in [2.45, 2.75) is 48.2 Å². The number of aryl methyl sites for hydroxylation is 2. The maximum Gasteiger partial charge on any atom is 0.237 e. The molecule has 4 aromatic rings. The predicted octanol–water partition coefficient (Wildman–Crippen LogP) is 6.02. The molecule has 3 aromatic carbocycles. The SMILES string of the molecule is CCC(Sc1nnc(CS(=O)(=O)c2ccc(C)cc2)n1-c1ccccc1)C(=O)Nc1cc(Cl)ccc1C. The molecular weight excluding hydrogens is 528 g/mol. The van der Waals surface area contributed by atoms with Crippen LogP contribution in [0.1, 0.15) is 30.3 Å². The first-order valence-electron chi connectivity index (χ1n) is 11.7. The van der Waals surface area contributed by atoms with E-state index in [1.165, 1.54) is 11.8 Å². The quantitative estimate of drug-likeness (QED) is 0.254. The summed E-state index contributed by atoms with van der Waals surface area (Å²) in [5.41, 5.74) is 3.23. The summed E-state index contributed by atoms with van der Waals surface area (Å²) >= 11 is 7.35. The Morgan fingerprint density at radius 1 is 1.03 bits per heavy atom. The van der Waals surface area contributed by atoms with Gasteiger partial charge in [-0.2, -0.15) is 0 Å². The summed E-state index contributed by atoms with van der Waals surface area (Å²) in [7, 11) is -3.67. The van der Waals surface area contributed by atoms with E-state index in [-0.39, 0.29) is 22.4 Å². The second-order valence-electron chi connectivity index (χ2n) is 8.61. The van der Waals surface area contributed by atoms with E-state index >= 15 is 0 Å². The van der Waals surface area contributed by atoms with Crippen molar-refractivity contribution in [3.05, 3.63) is 94.8 Å². The van der Waals surface area contributed by atoms with Crippen molar-refractivity contribution in [3.63, 3.8) is 0 Å². The van der Waals surface area contributed by atoms with Crippen molar-refractivity contribution < 1.29 is 13.2 Å². The number of benzene rings is 3. The highest BCUT2D eigenvalue weighted by Gasteiger charge is 2.26. The molecule has 1 amide bonds. The zero-order valence-electron chi connectivity index (χ0n) is 20.7. The van der Waals surface area contributed by atoms with E-state index in [9.17, 15) is 13.2 Å². The molecule has 0 saturated heterocycles. The summed E-state index contributed by atoms with van der Waals surface area (Å²) in [5.74, 6) is -0.257. The lowest BCUT2D eigenvalue weighted by molar-refractivity contribution is -0.115. The van der Waals surface area contributed by atoms with Crippen LogP contribution in [0, 0.1) is 13.8 Å². The van der Waals surface area contributed by atoms with E-state index in [2.05, 4.69) is 15.5 Å². The van der Waals surface area contributed by atoms with Crippen LogP contribution in [0.4, 0.5) is 5.69 Å². The first kappa shape index (κ1) is 26.9. The third kappa shape index (κ3) is 6.41. The highest BCUT2D eigenvalue weighted by Crippen LogP contribution is 2.30. The molecular formula is C27H27ClN4O3S2. The fraction of sp³-hybridized carbons (Fsp3) is 0.222. The molecule has 1 unspecified atom stereocenters. The molecule has 37 heavy (non-hydrogen) atoms. The Kier molecular flexibility index (Phi) is 8.36. The number of nitrogens with zero attached hydrogens (tertiary/aromatic N) is 3. The van der Waals surface area contributed by atoms with E-state index in [4.69, 9.17) is 11.6 Å². The molecule has 1 aromatic heterocycles. The standard InChI is InChI=1S/C27H27ClN4O3S2/c1-4-24(26(33)29-23-16-20(28)13-12-19(23)3)36-27-31-30-25(32(27)21-8-6-5-7-9-21)17-37(34,35)22-14-10-18(2)11-15-22/h5-16,24H,4,17H2,1-3H3,(H,29,33). The number of aromatic nitrogens is 3. The highest BCUT2D eigenvalue weighted by atomic mass is 35.5. The van der Waals surface area contributed by atoms with Crippen molar-refractivity contribution in [3.8, 4) is 5.69 Å². The summed E-state index contributed by atoms with van der Waals surface area (Å²) in [5, 5.41) is 12.0. The molecule has 0 bridgehead atoms. The smallest absolute Gasteiger partial charge is 0.237 e. The maximum atomic E-state index is 13.2. The predicted molar refractivity (Wildman–Crippen MR) is 148 cm³/mol. The first-order valence-corrected chi connectivity index (χ1v) is 14.6. The zero-order chi connectivity index (χ0) is 26.6. The molecule has 0 aliphatic rings. The minimum absolute atomic E-state index is 0.200. The number of rotatable bonds is 9. The molecule has 4 rings (SSSR count). The molecule has 0 aliphatic heterocycles. The van der Waals surface area contributed by atoms with Crippen LogP contribution in [0.25, 0.3) is 5.69 Å². The molecule has 0 fully saturated rings. The second-order valence-corrected chi connectivity index (χ2v) is 12.2. The molecule has 1 N–H and O–H groups in total. The largest absolute Gasteiger partial charge is 0.325 e. The van der Waals surface area contributed by atoms with Gasteiger partial charge in [0.25, 0.3) is 0 Å². The molecule has 0 radical (unpaired) electrons. The number of amides is 1. The number of nitrogens with one attached hydrogen (secondary N) is 1. The van der Waals surface area contributed by atoms with Gasteiger partial charge in [-0.1, -0.05) is 72.2 Å². The van der Waals surface area contributed by atoms with E-state index in [0.29, 0.717) is 28.0 Å². The molecule has 192 valence electrons. The van der Waals surface area contributed by atoms with Gasteiger partial charge in [0.05, 0.1) is 10.1 Å². The van der Waals surface area contributed by atoms with Gasteiger partial charge >= 0.3 is 0 Å². The van der Waals surface area contributed by atoms with E-state index in [1.807, 2.05) is 57.2 Å². The van der Waals surface area contributed by atoms with Crippen LogP contribution in [-0.4, -0.2) is 34.3 Å². The van der Waals surface area contributed by atoms with Crippen molar-refractivity contribution in [2.24, 2.45) is 0 Å². The number of hydrogen-bond donors (Lipinski definition) is 1. The van der Waals surface area contributed by atoms with Crippen molar-refractivity contribution in [1.29, 1.82) is 0 Å². The number of hydrogen-bond acceptors (Lipinski definition) is 6. The third-order valence-electron chi connectivity index (χ3n) is 5.78. The number of thioether (sulfide) groups is 1. The highest BCUT2D eigenvalue weighted by molar-refractivity contribution is 8.00. The van der Waals surface area contributed by atoms with Gasteiger partial charge in [0.1, 0.15) is 5.75 Å². The van der Waals surface area contributed by atoms with Gasteiger partial charge in [-0.15, -0.1) is 10.2 Å². The minimum Gasteiger partial charge on any atom is -0.325 e. The van der Waals surface area contributed by atoms with Crippen LogP contribution in [-0.2, 0) is 20.4 Å². The molecule has 1 heterocycles. The summed E-state index contributed by atoms with van der Waals surface area (Å²) in [6.45, 7) is 5.71. The zero-order valence-corrected chi connectivity index (χ0v) is 23.1. The average molecular weight is 555 g/mol. The van der Waals surface area contributed by atoms with Crippen LogP contribution in [0.15, 0.2) is 82.8 Å². The normalized spacial score (nSPS) is 12.3. The number of halogens is 1. The van der Waals surface area contributed by atoms with E-state index < -0.39 is 15.1 Å². The van der Waals surface area contributed by atoms with Crippen LogP contribution in [0.5, 0.6) is 0 Å². The molecule has 1 atom stereocenters. The number of sulfone groups is 1. The van der Waals surface area contributed by atoms with Crippen molar-refractivity contribution >= 4 is 44.8 Å². The van der Waals surface area contributed by atoms with Gasteiger partial charge in [0.2, 0.25) is 5.91 Å². The van der Waals surface area contributed by atoms with Gasteiger partial charge in [-0.25, -0.2) is 8.42 Å². The lowest BCUT2D eigenvalue weighted by Gasteiger charge is -2.17. The molecule has 10 heteroatoms. The molecule has 0 spiro atoms. The number of carbonyl (C=O) groups is 1. The summed E-state index contributed by atoms with van der Waals surface area (Å²) in [6, 6.07) is 21.3. The number of carbonyl (C=O) groups excluding carboxylic acids is 1. The number of para-hydroxylation sites is 1. The lowest BCUT2D eigenvalue weighted by Crippen LogP contribution is -2.25. The van der Waals surface area contributed by atoms with Crippen LogP contribution >= 0.6 is 23.4 Å². The monoisotopic (exact) mass is 554 g/mol. The minimum atomic E-state index is -3.67. The van der Waals surface area contributed by atoms with Gasteiger partial charge in [-0.05, 0) is 62.2 Å². The van der Waals surface area contributed by atoms with Gasteiger partial charge in [0, 0.05) is 16.4 Å². The van der Waals surface area contributed by atoms with Crippen LogP contribution in [0.2, 0.25) is 5.02 Å². The molecule has 0 aliphatic carbocycles. The lowest BCUT2D eigenvalue weighted by atomic mass is 10.2. The van der Waals surface area contributed by atoms with Crippen LogP contribution < -0.4 is 5.32 Å². The van der Waals surface area contributed by atoms with Gasteiger partial charge < -0.3 is 5.32 Å². The van der Waals surface area contributed by atoms with Crippen LogP contribution in [0.3, 0.4) is 0 Å². The Hall–Kier alpha value is -3.14. The maximum absolute atomic E-state index is 13.2. The Morgan fingerprint density at radius 3 is 2.41 bits per heavy atom. The van der Waals surface area contributed by atoms with Crippen molar-refractivity contribution in [2.75, 3.05) is 5.32 Å². The molecule has 7 nitrogen and oxygen atoms in total. The fourth-order valence-corrected chi connectivity index (χ4v) is 6.10. The van der Waals surface area contributed by atoms with E-state index in [1.54, 1.807) is 41.0 Å². The Morgan fingerprint density at radius 2 is 1.73 bits per heavy atom. The third-order valence-corrected chi connectivity index (χ3v) is 8.95. The number of anilines is 1. The topological polar surface area (TPSA) is 93.9 Å². The Labute approximate surface area is 226 Å². The van der Waals surface area contributed by atoms with Crippen molar-refractivity contribution in [1.82, 2.24) is 14.8 Å². The van der Waals surface area contributed by atoms with Gasteiger partial charge in [-0.3, -0.25) is 9.36 Å². The van der Waals surface area contributed by atoms with Gasteiger partial charge in [0.15, 0.2) is 20.8 Å². The second kappa shape index (κ2) is 11.5. The Balaban J connectivity index is 1.65. The first-order chi connectivity index (χ1) is 17.7. The summed E-state index contributed by atoms with van der Waals surface area (Å²) < 4.78 is 28.1. The molecule has 0 saturated carbocycles. The van der Waals surface area contributed by atoms with E-state index in [0.717, 1.165) is 11.1 Å². The summed E-state index contributed by atoms with van der Waals surface area (Å²) in [4.78, 5) is 13.4. The Bertz CT molecular complexity index is 1500.